The monoisotopic (exact) mass is 280 g/mol. The molecule has 0 aliphatic carbocycles. The number of methoxy groups -OCH3 is 1. The fourth-order valence-electron chi connectivity index (χ4n) is 1.55. The molecule has 0 bridgehead atoms. The van der Waals surface area contributed by atoms with Crippen molar-refractivity contribution in [2.75, 3.05) is 7.11 Å². The summed E-state index contributed by atoms with van der Waals surface area (Å²) in [7, 11) is 1.44. The molecule has 1 heterocycles. The Kier molecular flexibility index (Phi) is 4.06. The molecule has 1 aromatic heterocycles. The number of carbonyl (C=O) groups excluding carboxylic acids is 1. The average molecular weight is 281 g/mol. The third-order valence-electron chi connectivity index (χ3n) is 2.52. The molecule has 0 fully saturated rings. The Bertz CT molecular complexity index is 619. The number of ether oxygens (including phenoxy) is 1. The number of aromatic nitrogens is 2. The third kappa shape index (κ3) is 3.06. The van der Waals surface area contributed by atoms with E-state index in [1.807, 2.05) is 0 Å². The van der Waals surface area contributed by atoms with Gasteiger partial charge in [-0.2, -0.15) is 0 Å². The van der Waals surface area contributed by atoms with Crippen molar-refractivity contribution in [3.05, 3.63) is 52.7 Å². The molecule has 0 N–H and O–H groups in total. The van der Waals surface area contributed by atoms with Crippen LogP contribution in [0.4, 0.5) is 4.39 Å². The van der Waals surface area contributed by atoms with E-state index in [4.69, 9.17) is 16.3 Å². The fourth-order valence-corrected chi connectivity index (χ4v) is 1.75. The van der Waals surface area contributed by atoms with E-state index in [1.165, 1.54) is 31.6 Å². The van der Waals surface area contributed by atoms with Gasteiger partial charge in [-0.05, 0) is 11.6 Å². The number of benzene rings is 1. The topological polar surface area (TPSA) is 52.1 Å². The number of ketones is 1. The first kappa shape index (κ1) is 13.4. The second kappa shape index (κ2) is 5.75. The molecule has 0 radical (unpaired) electrons. The molecule has 19 heavy (non-hydrogen) atoms. The van der Waals surface area contributed by atoms with Crippen molar-refractivity contribution in [3.8, 4) is 5.88 Å². The first-order valence-electron chi connectivity index (χ1n) is 5.44. The van der Waals surface area contributed by atoms with Crippen LogP contribution in [-0.4, -0.2) is 22.9 Å². The van der Waals surface area contributed by atoms with Crippen molar-refractivity contribution >= 4 is 17.4 Å². The molecular weight excluding hydrogens is 271 g/mol. The van der Waals surface area contributed by atoms with E-state index in [9.17, 15) is 9.18 Å². The average Bonchev–Trinajstić information content (AvgIpc) is 2.44. The predicted molar refractivity (Wildman–Crippen MR) is 68.0 cm³/mol. The maximum absolute atomic E-state index is 13.7. The summed E-state index contributed by atoms with van der Waals surface area (Å²) in [5.41, 5.74) is 0.404. The van der Waals surface area contributed by atoms with E-state index in [0.29, 0.717) is 0 Å². The second-order valence-corrected chi connectivity index (χ2v) is 4.17. The minimum absolute atomic E-state index is 0.00873. The van der Waals surface area contributed by atoms with Crippen LogP contribution in [0, 0.1) is 5.82 Å². The van der Waals surface area contributed by atoms with E-state index in [1.54, 1.807) is 6.07 Å². The van der Waals surface area contributed by atoms with Crippen LogP contribution in [0.15, 0.2) is 30.6 Å². The Morgan fingerprint density at radius 3 is 2.95 bits per heavy atom. The van der Waals surface area contributed by atoms with Gasteiger partial charge in [-0.15, -0.1) is 0 Å². The Morgan fingerprint density at radius 2 is 2.21 bits per heavy atom. The Labute approximate surface area is 114 Å². The molecule has 1 aromatic carbocycles. The molecule has 0 atom stereocenters. The number of hydrogen-bond acceptors (Lipinski definition) is 4. The molecule has 0 aliphatic heterocycles. The van der Waals surface area contributed by atoms with Gasteiger partial charge >= 0.3 is 0 Å². The Morgan fingerprint density at radius 1 is 1.42 bits per heavy atom. The molecule has 0 saturated heterocycles. The molecule has 4 nitrogen and oxygen atoms in total. The van der Waals surface area contributed by atoms with Gasteiger partial charge in [0.25, 0.3) is 0 Å². The van der Waals surface area contributed by atoms with Gasteiger partial charge < -0.3 is 4.74 Å². The molecule has 0 saturated carbocycles. The number of nitrogens with zero attached hydrogens (tertiary/aromatic N) is 2. The van der Waals surface area contributed by atoms with Gasteiger partial charge in [-0.25, -0.2) is 14.4 Å². The lowest BCUT2D eigenvalue weighted by molar-refractivity contribution is 0.0986. The van der Waals surface area contributed by atoms with Gasteiger partial charge in [-0.3, -0.25) is 4.79 Å². The number of hydrogen-bond donors (Lipinski definition) is 0. The van der Waals surface area contributed by atoms with E-state index >= 15 is 0 Å². The Hall–Kier alpha value is -2.01. The summed E-state index contributed by atoms with van der Waals surface area (Å²) in [4.78, 5) is 19.6. The van der Waals surface area contributed by atoms with Crippen molar-refractivity contribution in [2.24, 2.45) is 0 Å². The van der Waals surface area contributed by atoms with E-state index in [2.05, 4.69) is 9.97 Å². The summed E-state index contributed by atoms with van der Waals surface area (Å²) >= 11 is 5.66. The number of rotatable bonds is 4. The third-order valence-corrected chi connectivity index (χ3v) is 2.81. The molecule has 98 valence electrons. The van der Waals surface area contributed by atoms with Crippen LogP contribution in [0.1, 0.15) is 16.1 Å². The van der Waals surface area contributed by atoms with Crippen LogP contribution >= 0.6 is 11.6 Å². The van der Waals surface area contributed by atoms with Gasteiger partial charge in [0.2, 0.25) is 5.88 Å². The van der Waals surface area contributed by atoms with Crippen molar-refractivity contribution < 1.29 is 13.9 Å². The fraction of sp³-hybridized carbons (Fsp3) is 0.154. The van der Waals surface area contributed by atoms with Crippen LogP contribution in [0.2, 0.25) is 5.02 Å². The van der Waals surface area contributed by atoms with Gasteiger partial charge in [0, 0.05) is 12.5 Å². The van der Waals surface area contributed by atoms with Gasteiger partial charge in [0.05, 0.1) is 12.1 Å². The van der Waals surface area contributed by atoms with Crippen molar-refractivity contribution in [3.63, 3.8) is 0 Å². The predicted octanol–water partition coefficient (Wildman–Crippen LogP) is 2.70. The van der Waals surface area contributed by atoms with Crippen LogP contribution < -0.4 is 4.74 Å². The number of halogens is 2. The summed E-state index contributed by atoms with van der Waals surface area (Å²) in [5.74, 6) is -0.634. The van der Waals surface area contributed by atoms with Gasteiger partial charge in [0.15, 0.2) is 5.78 Å². The maximum Gasteiger partial charge on any atom is 0.216 e. The zero-order valence-electron chi connectivity index (χ0n) is 10.1. The van der Waals surface area contributed by atoms with Crippen molar-refractivity contribution in [1.29, 1.82) is 0 Å². The highest BCUT2D eigenvalue weighted by atomic mass is 35.5. The van der Waals surface area contributed by atoms with E-state index in [-0.39, 0.29) is 34.4 Å². The molecule has 2 aromatic rings. The van der Waals surface area contributed by atoms with Crippen LogP contribution in [0.5, 0.6) is 5.88 Å². The molecule has 2 rings (SSSR count). The molecule has 6 heteroatoms. The molecular formula is C13H10ClFN2O2. The maximum atomic E-state index is 13.7. The van der Waals surface area contributed by atoms with Gasteiger partial charge in [0.1, 0.15) is 17.8 Å². The second-order valence-electron chi connectivity index (χ2n) is 3.76. The lowest BCUT2D eigenvalue weighted by atomic mass is 10.1. The molecule has 0 unspecified atom stereocenters. The number of carbonyl (C=O) groups is 1. The SMILES string of the molecule is COc1cc(C(=O)Cc2cccc(Cl)c2F)ncn1. The zero-order chi connectivity index (χ0) is 13.8. The minimum Gasteiger partial charge on any atom is -0.481 e. The highest BCUT2D eigenvalue weighted by molar-refractivity contribution is 6.30. The lowest BCUT2D eigenvalue weighted by Gasteiger charge is -2.04. The van der Waals surface area contributed by atoms with Gasteiger partial charge in [-0.1, -0.05) is 23.7 Å². The number of Topliss-reactive ketones (excluding diaryl/α,β-unsaturated/α-hetero) is 1. The van der Waals surface area contributed by atoms with E-state index in [0.717, 1.165) is 0 Å². The van der Waals surface area contributed by atoms with Crippen LogP contribution in [0.3, 0.4) is 0 Å². The summed E-state index contributed by atoms with van der Waals surface area (Å²) in [6.45, 7) is 0. The highest BCUT2D eigenvalue weighted by Crippen LogP contribution is 2.19. The highest BCUT2D eigenvalue weighted by Gasteiger charge is 2.14. The standard InChI is InChI=1S/C13H10ClFN2O2/c1-19-12-6-10(16-7-17-12)11(18)5-8-3-2-4-9(14)13(8)15/h2-4,6-7H,5H2,1H3. The summed E-state index contributed by atoms with van der Waals surface area (Å²) in [6.07, 6.45) is 1.10. The van der Waals surface area contributed by atoms with Crippen molar-refractivity contribution in [1.82, 2.24) is 9.97 Å². The largest absolute Gasteiger partial charge is 0.481 e. The zero-order valence-corrected chi connectivity index (χ0v) is 10.8. The summed E-state index contributed by atoms with van der Waals surface area (Å²) in [5, 5.41) is -0.00873. The first-order chi connectivity index (χ1) is 9.11. The molecule has 0 aliphatic rings. The quantitative estimate of drug-likeness (QED) is 0.808. The summed E-state index contributed by atoms with van der Waals surface area (Å²) < 4.78 is 18.6. The minimum atomic E-state index is -0.585. The molecule has 0 spiro atoms. The first-order valence-corrected chi connectivity index (χ1v) is 5.81. The van der Waals surface area contributed by atoms with Crippen LogP contribution in [0.25, 0.3) is 0 Å². The normalized spacial score (nSPS) is 10.3. The molecule has 0 amide bonds. The lowest BCUT2D eigenvalue weighted by Crippen LogP contribution is -2.08. The smallest absolute Gasteiger partial charge is 0.216 e. The summed E-state index contributed by atoms with van der Waals surface area (Å²) in [6, 6.07) is 5.94. The van der Waals surface area contributed by atoms with Crippen LogP contribution in [-0.2, 0) is 6.42 Å². The van der Waals surface area contributed by atoms with E-state index < -0.39 is 5.82 Å². The van der Waals surface area contributed by atoms with Crippen molar-refractivity contribution in [2.45, 2.75) is 6.42 Å². The Balaban J connectivity index is 2.23.